The number of halogens is 1. The van der Waals surface area contributed by atoms with Gasteiger partial charge < -0.3 is 5.32 Å². The van der Waals surface area contributed by atoms with Gasteiger partial charge in [0.05, 0.1) is 16.6 Å². The Morgan fingerprint density at radius 1 is 1.14 bits per heavy atom. The molecule has 5 heteroatoms. The van der Waals surface area contributed by atoms with Crippen molar-refractivity contribution in [3.8, 4) is 10.4 Å². The first kappa shape index (κ1) is 19.2. The lowest BCUT2D eigenvalue weighted by Crippen LogP contribution is -2.40. The van der Waals surface area contributed by atoms with Crippen LogP contribution in [-0.2, 0) is 11.3 Å². The summed E-state index contributed by atoms with van der Waals surface area (Å²) in [6.07, 6.45) is 1.95. The molecule has 1 aliphatic heterocycles. The standard InChI is InChI=1S/C23H23ClN2OS/c24-20-9-1-2-10-21(20)25-23(27)19-8-4-12-26(16-19)15-17-6-3-7-18(14-17)22-11-5-13-28-22/h1-3,5-7,9-11,13-14,19H,4,8,12,15-16H2,(H,25,27). The zero-order chi connectivity index (χ0) is 19.3. The molecule has 2 heterocycles. The lowest BCUT2D eigenvalue weighted by molar-refractivity contribution is -0.121. The van der Waals surface area contributed by atoms with Crippen LogP contribution in [0.4, 0.5) is 5.69 Å². The van der Waals surface area contributed by atoms with Crippen LogP contribution in [-0.4, -0.2) is 23.9 Å². The second-order valence-electron chi connectivity index (χ2n) is 7.22. The number of hydrogen-bond acceptors (Lipinski definition) is 3. The zero-order valence-electron chi connectivity index (χ0n) is 15.6. The first-order chi connectivity index (χ1) is 13.7. The van der Waals surface area contributed by atoms with Crippen molar-refractivity contribution >= 4 is 34.5 Å². The third-order valence-electron chi connectivity index (χ3n) is 5.15. The normalized spacial score (nSPS) is 17.4. The van der Waals surface area contributed by atoms with E-state index in [9.17, 15) is 4.79 Å². The third-order valence-corrected chi connectivity index (χ3v) is 6.40. The average molecular weight is 411 g/mol. The molecular weight excluding hydrogens is 388 g/mol. The number of amides is 1. The van der Waals surface area contributed by atoms with Gasteiger partial charge in [0, 0.05) is 18.0 Å². The molecule has 4 rings (SSSR count). The van der Waals surface area contributed by atoms with Crippen LogP contribution in [0.5, 0.6) is 0 Å². The van der Waals surface area contributed by atoms with Crippen LogP contribution in [0, 0.1) is 5.92 Å². The molecule has 0 radical (unpaired) electrons. The van der Waals surface area contributed by atoms with Crippen molar-refractivity contribution < 1.29 is 4.79 Å². The van der Waals surface area contributed by atoms with Crippen LogP contribution in [0.1, 0.15) is 18.4 Å². The fourth-order valence-electron chi connectivity index (χ4n) is 3.73. The summed E-state index contributed by atoms with van der Waals surface area (Å²) in [6, 6.07) is 20.3. The highest BCUT2D eigenvalue weighted by molar-refractivity contribution is 7.13. The predicted octanol–water partition coefficient (Wildman–Crippen LogP) is 5.92. The quantitative estimate of drug-likeness (QED) is 0.566. The molecule has 3 nitrogen and oxygen atoms in total. The molecule has 3 aromatic rings. The molecule has 1 aromatic heterocycles. The van der Waals surface area contributed by atoms with Crippen molar-refractivity contribution in [3.05, 3.63) is 76.6 Å². The minimum atomic E-state index is -0.00879. The van der Waals surface area contributed by atoms with E-state index >= 15 is 0 Å². The fourth-order valence-corrected chi connectivity index (χ4v) is 4.64. The number of rotatable bonds is 5. The minimum Gasteiger partial charge on any atom is -0.324 e. The van der Waals surface area contributed by atoms with Crippen molar-refractivity contribution in [1.82, 2.24) is 4.90 Å². The van der Waals surface area contributed by atoms with Gasteiger partial charge in [-0.05, 0) is 60.2 Å². The summed E-state index contributed by atoms with van der Waals surface area (Å²) in [6.45, 7) is 2.67. The number of nitrogens with one attached hydrogen (secondary N) is 1. The Hall–Kier alpha value is -2.14. The fraction of sp³-hybridized carbons (Fsp3) is 0.261. The maximum absolute atomic E-state index is 12.7. The van der Waals surface area contributed by atoms with E-state index in [2.05, 4.69) is 52.0 Å². The molecule has 0 bridgehead atoms. The summed E-state index contributed by atoms with van der Waals surface area (Å²) < 4.78 is 0. The summed E-state index contributed by atoms with van der Waals surface area (Å²) >= 11 is 7.94. The first-order valence-electron chi connectivity index (χ1n) is 9.59. The predicted molar refractivity (Wildman–Crippen MR) is 118 cm³/mol. The summed E-state index contributed by atoms with van der Waals surface area (Å²) in [5, 5.41) is 5.68. The lowest BCUT2D eigenvalue weighted by atomic mass is 9.96. The Kier molecular flexibility index (Phi) is 6.10. The number of piperidine rings is 1. The molecule has 1 N–H and O–H groups in total. The lowest BCUT2D eigenvalue weighted by Gasteiger charge is -2.32. The number of thiophene rings is 1. The molecule has 1 amide bonds. The van der Waals surface area contributed by atoms with E-state index in [0.29, 0.717) is 10.7 Å². The number of likely N-dealkylation sites (tertiary alicyclic amines) is 1. The van der Waals surface area contributed by atoms with Crippen LogP contribution < -0.4 is 5.32 Å². The molecule has 0 saturated carbocycles. The molecule has 1 aliphatic rings. The number of carbonyl (C=O) groups excluding carboxylic acids is 1. The van der Waals surface area contributed by atoms with Crippen LogP contribution in [0.25, 0.3) is 10.4 Å². The molecule has 1 unspecified atom stereocenters. The van der Waals surface area contributed by atoms with Gasteiger partial charge in [-0.2, -0.15) is 0 Å². The zero-order valence-corrected chi connectivity index (χ0v) is 17.2. The Balaban J connectivity index is 1.39. The first-order valence-corrected chi connectivity index (χ1v) is 10.9. The van der Waals surface area contributed by atoms with Crippen molar-refractivity contribution in [2.24, 2.45) is 5.92 Å². The van der Waals surface area contributed by atoms with E-state index in [1.165, 1.54) is 16.0 Å². The Labute approximate surface area is 175 Å². The minimum absolute atomic E-state index is 0.00879. The summed E-state index contributed by atoms with van der Waals surface area (Å²) in [4.78, 5) is 16.4. The van der Waals surface area contributed by atoms with Gasteiger partial charge in [0.15, 0.2) is 0 Å². The number of benzene rings is 2. The van der Waals surface area contributed by atoms with Crippen LogP contribution in [0.3, 0.4) is 0 Å². The van der Waals surface area contributed by atoms with Gasteiger partial charge in [-0.1, -0.05) is 48.0 Å². The third kappa shape index (κ3) is 4.64. The highest BCUT2D eigenvalue weighted by atomic mass is 35.5. The molecule has 2 aromatic carbocycles. The van der Waals surface area contributed by atoms with Gasteiger partial charge in [0.1, 0.15) is 0 Å². The monoisotopic (exact) mass is 410 g/mol. The van der Waals surface area contributed by atoms with Crippen LogP contribution >= 0.6 is 22.9 Å². The van der Waals surface area contributed by atoms with Crippen molar-refractivity contribution in [2.75, 3.05) is 18.4 Å². The van der Waals surface area contributed by atoms with Crippen LogP contribution in [0.2, 0.25) is 5.02 Å². The Morgan fingerprint density at radius 2 is 2.04 bits per heavy atom. The smallest absolute Gasteiger partial charge is 0.228 e. The summed E-state index contributed by atoms with van der Waals surface area (Å²) in [5.41, 5.74) is 3.24. The van der Waals surface area contributed by atoms with Gasteiger partial charge in [-0.25, -0.2) is 0 Å². The van der Waals surface area contributed by atoms with Gasteiger partial charge in [0.2, 0.25) is 5.91 Å². The molecule has 144 valence electrons. The van der Waals surface area contributed by atoms with Gasteiger partial charge in [-0.15, -0.1) is 11.3 Å². The summed E-state index contributed by atoms with van der Waals surface area (Å²) in [5.74, 6) is 0.0515. The number of hydrogen-bond donors (Lipinski definition) is 1. The van der Waals surface area contributed by atoms with Gasteiger partial charge in [-0.3, -0.25) is 9.69 Å². The largest absolute Gasteiger partial charge is 0.324 e. The number of carbonyl (C=O) groups is 1. The van der Waals surface area contributed by atoms with E-state index in [0.717, 1.165) is 32.5 Å². The van der Waals surface area contributed by atoms with Gasteiger partial charge >= 0.3 is 0 Å². The second kappa shape index (κ2) is 8.91. The van der Waals surface area contributed by atoms with Gasteiger partial charge in [0.25, 0.3) is 0 Å². The van der Waals surface area contributed by atoms with Crippen molar-refractivity contribution in [1.29, 1.82) is 0 Å². The molecule has 1 atom stereocenters. The highest BCUT2D eigenvalue weighted by Gasteiger charge is 2.26. The van der Waals surface area contributed by atoms with E-state index in [1.54, 1.807) is 17.4 Å². The average Bonchev–Trinajstić information content (AvgIpc) is 3.25. The van der Waals surface area contributed by atoms with E-state index < -0.39 is 0 Å². The molecule has 1 saturated heterocycles. The van der Waals surface area contributed by atoms with E-state index in [-0.39, 0.29) is 11.8 Å². The second-order valence-corrected chi connectivity index (χ2v) is 8.58. The SMILES string of the molecule is O=C(Nc1ccccc1Cl)C1CCCN(Cc2cccc(-c3cccs3)c2)C1. The molecule has 1 fully saturated rings. The number of anilines is 1. The maximum Gasteiger partial charge on any atom is 0.228 e. The van der Waals surface area contributed by atoms with E-state index in [1.807, 2.05) is 18.2 Å². The summed E-state index contributed by atoms with van der Waals surface area (Å²) in [7, 11) is 0. The topological polar surface area (TPSA) is 32.3 Å². The van der Waals surface area contributed by atoms with E-state index in [4.69, 9.17) is 11.6 Å². The molecule has 28 heavy (non-hydrogen) atoms. The number of para-hydroxylation sites is 1. The highest BCUT2D eigenvalue weighted by Crippen LogP contribution is 2.27. The molecule has 0 aliphatic carbocycles. The molecule has 0 spiro atoms. The Bertz CT molecular complexity index is 941. The maximum atomic E-state index is 12.7. The molecular formula is C23H23ClN2OS. The van der Waals surface area contributed by atoms with Crippen molar-refractivity contribution in [2.45, 2.75) is 19.4 Å². The van der Waals surface area contributed by atoms with Crippen LogP contribution in [0.15, 0.2) is 66.0 Å². The van der Waals surface area contributed by atoms with Crippen molar-refractivity contribution in [3.63, 3.8) is 0 Å². The Morgan fingerprint density at radius 3 is 2.86 bits per heavy atom. The number of nitrogens with zero attached hydrogens (tertiary/aromatic N) is 1.